The number of nitrogens with zero attached hydrogens (tertiary/aromatic N) is 3. The van der Waals surface area contributed by atoms with Crippen molar-refractivity contribution in [2.45, 2.75) is 37.8 Å². The molecule has 2 fully saturated rings. The van der Waals surface area contributed by atoms with Gasteiger partial charge < -0.3 is 20.3 Å². The third kappa shape index (κ3) is 7.69. The Labute approximate surface area is 195 Å². The van der Waals surface area contributed by atoms with E-state index in [1.54, 1.807) is 30.3 Å². The Morgan fingerprint density at radius 1 is 1.34 bits per heavy atom. The number of morpholine rings is 1. The van der Waals surface area contributed by atoms with Gasteiger partial charge in [-0.15, -0.1) is 35.3 Å². The average molecular weight is 535 g/mol. The van der Waals surface area contributed by atoms with Crippen LogP contribution in [-0.4, -0.2) is 81.2 Å². The molecular formula is C20H34IN5O2S. The van der Waals surface area contributed by atoms with Crippen LogP contribution in [0.5, 0.6) is 0 Å². The number of carbonyl (C=O) groups excluding carboxylic acids is 1. The summed E-state index contributed by atoms with van der Waals surface area (Å²) in [7, 11) is 3.53. The molecular weight excluding hydrogens is 501 g/mol. The Kier molecular flexibility index (Phi) is 10.7. The van der Waals surface area contributed by atoms with E-state index in [1.165, 1.54) is 30.6 Å². The Bertz CT molecular complexity index is 629. The number of nitrogens with one attached hydrogen (secondary N) is 2. The minimum Gasteiger partial charge on any atom is -0.379 e. The van der Waals surface area contributed by atoms with Crippen LogP contribution in [0.25, 0.3) is 0 Å². The van der Waals surface area contributed by atoms with Gasteiger partial charge in [0.05, 0.1) is 19.3 Å². The number of carbonyl (C=O) groups is 1. The average Bonchev–Trinajstić information content (AvgIpc) is 3.41. The molecule has 1 unspecified atom stereocenters. The van der Waals surface area contributed by atoms with Crippen molar-refractivity contribution >= 4 is 47.2 Å². The Morgan fingerprint density at radius 2 is 2.07 bits per heavy atom. The second-order valence-electron chi connectivity index (χ2n) is 7.64. The molecule has 2 N–H and O–H groups in total. The number of thiophene rings is 1. The van der Waals surface area contributed by atoms with E-state index in [0.29, 0.717) is 6.04 Å². The van der Waals surface area contributed by atoms with Crippen LogP contribution in [-0.2, 0) is 9.53 Å². The van der Waals surface area contributed by atoms with Gasteiger partial charge in [-0.25, -0.2) is 4.99 Å². The van der Waals surface area contributed by atoms with Crippen LogP contribution in [0.15, 0.2) is 22.5 Å². The summed E-state index contributed by atoms with van der Waals surface area (Å²) in [5.74, 6) is 0.757. The number of rotatable bonds is 7. The first-order chi connectivity index (χ1) is 13.6. The maximum absolute atomic E-state index is 12.0. The largest absolute Gasteiger partial charge is 0.379 e. The molecule has 1 amide bonds. The maximum Gasteiger partial charge on any atom is 0.243 e. The smallest absolute Gasteiger partial charge is 0.243 e. The number of guanidine groups is 1. The molecule has 1 aliphatic carbocycles. The van der Waals surface area contributed by atoms with Gasteiger partial charge in [-0.05, 0) is 24.3 Å². The molecule has 0 spiro atoms. The van der Waals surface area contributed by atoms with E-state index >= 15 is 0 Å². The quantitative estimate of drug-likeness (QED) is 0.319. The van der Waals surface area contributed by atoms with Crippen molar-refractivity contribution in [2.75, 3.05) is 53.5 Å². The lowest BCUT2D eigenvalue weighted by Crippen LogP contribution is -2.48. The van der Waals surface area contributed by atoms with Crippen LogP contribution in [0.2, 0.25) is 0 Å². The fourth-order valence-electron chi connectivity index (χ4n) is 3.68. The molecule has 1 atom stereocenters. The van der Waals surface area contributed by atoms with Gasteiger partial charge in [0.1, 0.15) is 6.54 Å². The highest BCUT2D eigenvalue weighted by atomic mass is 127. The highest BCUT2D eigenvalue weighted by Gasteiger charge is 2.24. The summed E-state index contributed by atoms with van der Waals surface area (Å²) in [4.78, 5) is 22.0. The minimum absolute atomic E-state index is 0. The highest BCUT2D eigenvalue weighted by molar-refractivity contribution is 14.0. The topological polar surface area (TPSA) is 69.2 Å². The number of amides is 1. The molecule has 1 aromatic rings. The van der Waals surface area contributed by atoms with Crippen molar-refractivity contribution in [3.05, 3.63) is 22.4 Å². The van der Waals surface area contributed by atoms with Gasteiger partial charge in [0.2, 0.25) is 5.91 Å². The monoisotopic (exact) mass is 535 g/mol. The van der Waals surface area contributed by atoms with Gasteiger partial charge in [0.15, 0.2) is 5.96 Å². The zero-order chi connectivity index (χ0) is 19.8. The number of likely N-dealkylation sites (N-methyl/N-ethyl adjacent to an activating group) is 1. The summed E-state index contributed by atoms with van der Waals surface area (Å²) >= 11 is 1.79. The van der Waals surface area contributed by atoms with Crippen LogP contribution in [0.4, 0.5) is 0 Å². The van der Waals surface area contributed by atoms with Crippen molar-refractivity contribution in [1.82, 2.24) is 20.4 Å². The van der Waals surface area contributed by atoms with Gasteiger partial charge in [0.25, 0.3) is 0 Å². The van der Waals surface area contributed by atoms with Crippen molar-refractivity contribution in [3.63, 3.8) is 0 Å². The van der Waals surface area contributed by atoms with Gasteiger partial charge in [-0.2, -0.15) is 0 Å². The summed E-state index contributed by atoms with van der Waals surface area (Å²) in [6.45, 7) is 4.35. The van der Waals surface area contributed by atoms with Crippen LogP contribution in [0, 0.1) is 0 Å². The number of aliphatic imine (C=N–C) groups is 1. The Morgan fingerprint density at radius 3 is 2.69 bits per heavy atom. The number of hydrogen-bond donors (Lipinski definition) is 2. The lowest BCUT2D eigenvalue weighted by Gasteiger charge is -2.34. The van der Waals surface area contributed by atoms with E-state index in [1.807, 2.05) is 0 Å². The predicted octanol–water partition coefficient (Wildman–Crippen LogP) is 2.31. The third-order valence-electron chi connectivity index (χ3n) is 5.39. The molecule has 2 aliphatic rings. The first-order valence-electron chi connectivity index (χ1n) is 10.2. The molecule has 1 aliphatic heterocycles. The van der Waals surface area contributed by atoms with Crippen LogP contribution in [0.3, 0.4) is 0 Å². The molecule has 1 saturated heterocycles. The lowest BCUT2D eigenvalue weighted by atomic mass is 10.2. The van der Waals surface area contributed by atoms with E-state index < -0.39 is 0 Å². The maximum atomic E-state index is 12.0. The molecule has 0 bridgehead atoms. The predicted molar refractivity (Wildman–Crippen MR) is 129 cm³/mol. The molecule has 29 heavy (non-hydrogen) atoms. The molecule has 0 aromatic carbocycles. The minimum atomic E-state index is 0. The van der Waals surface area contributed by atoms with E-state index in [9.17, 15) is 4.79 Å². The number of hydrogen-bond acceptors (Lipinski definition) is 5. The summed E-state index contributed by atoms with van der Waals surface area (Å²) in [6.07, 6.45) is 4.85. The van der Waals surface area contributed by atoms with Crippen molar-refractivity contribution < 1.29 is 9.53 Å². The third-order valence-corrected chi connectivity index (χ3v) is 6.36. The van der Waals surface area contributed by atoms with Crippen LogP contribution >= 0.6 is 35.3 Å². The van der Waals surface area contributed by atoms with Crippen LogP contribution in [0.1, 0.15) is 36.6 Å². The summed E-state index contributed by atoms with van der Waals surface area (Å²) in [5, 5.41) is 9.19. The van der Waals surface area contributed by atoms with Crippen molar-refractivity contribution in [1.29, 1.82) is 0 Å². The highest BCUT2D eigenvalue weighted by Crippen LogP contribution is 2.25. The molecule has 2 heterocycles. The van der Waals surface area contributed by atoms with Gasteiger partial charge >= 0.3 is 0 Å². The number of ether oxygens (including phenoxy) is 1. The van der Waals surface area contributed by atoms with E-state index in [0.717, 1.165) is 38.8 Å². The Balaban J connectivity index is 0.00000300. The Hall–Kier alpha value is -0.910. The number of halogens is 1. The standard InChI is InChI=1S/C20H33N5O2S.HI/c1-24(2)19(26)15-22-20(23-16-6-3-4-7-16)21-14-17(18-8-5-13-28-18)25-9-11-27-12-10-25;/h5,8,13,16-17H,3-4,6-7,9-12,14-15H2,1-2H3,(H2,21,22,23);1H. The summed E-state index contributed by atoms with van der Waals surface area (Å²) in [5.41, 5.74) is 0. The molecule has 7 nitrogen and oxygen atoms in total. The molecule has 1 aromatic heterocycles. The van der Waals surface area contributed by atoms with Gasteiger partial charge in [-0.3, -0.25) is 9.69 Å². The van der Waals surface area contributed by atoms with E-state index in [2.05, 4.69) is 38.0 Å². The molecule has 164 valence electrons. The van der Waals surface area contributed by atoms with Crippen molar-refractivity contribution in [3.8, 4) is 0 Å². The zero-order valence-corrected chi connectivity index (χ0v) is 20.6. The fourth-order valence-corrected chi connectivity index (χ4v) is 4.54. The second kappa shape index (κ2) is 12.7. The summed E-state index contributed by atoms with van der Waals surface area (Å²) < 4.78 is 5.53. The first kappa shape index (κ1) is 24.4. The second-order valence-corrected chi connectivity index (χ2v) is 8.62. The van der Waals surface area contributed by atoms with Crippen molar-refractivity contribution in [2.24, 2.45) is 4.99 Å². The first-order valence-corrected chi connectivity index (χ1v) is 11.1. The van der Waals surface area contributed by atoms with Gasteiger partial charge in [0, 0.05) is 44.6 Å². The molecule has 3 rings (SSSR count). The fraction of sp³-hybridized carbons (Fsp3) is 0.700. The van der Waals surface area contributed by atoms with Gasteiger partial charge in [-0.1, -0.05) is 18.9 Å². The summed E-state index contributed by atoms with van der Waals surface area (Å²) in [6, 6.07) is 5.03. The molecule has 9 heteroatoms. The molecule has 1 saturated carbocycles. The normalized spacial score (nSPS) is 19.4. The SMILES string of the molecule is CN(C)C(=O)CN=C(NCC(c1cccs1)N1CCOCC1)NC1CCCC1.I. The van der Waals surface area contributed by atoms with Crippen LogP contribution < -0.4 is 10.6 Å². The van der Waals surface area contributed by atoms with E-state index in [-0.39, 0.29) is 42.5 Å². The lowest BCUT2D eigenvalue weighted by molar-refractivity contribution is -0.127. The molecule has 0 radical (unpaired) electrons. The zero-order valence-electron chi connectivity index (χ0n) is 17.4. The van der Waals surface area contributed by atoms with E-state index in [4.69, 9.17) is 4.74 Å².